The largest absolute Gasteiger partial charge is 0.379 e. The van der Waals surface area contributed by atoms with Crippen LogP contribution >= 0.6 is 34.8 Å². The molecule has 0 aliphatic heterocycles. The van der Waals surface area contributed by atoms with E-state index >= 15 is 0 Å². The number of hydrogen-bond donors (Lipinski definition) is 1. The molecule has 0 saturated carbocycles. The Morgan fingerprint density at radius 3 is 2.33 bits per heavy atom. The lowest BCUT2D eigenvalue weighted by atomic mass is 10.2. The minimum absolute atomic E-state index is 0.480. The van der Waals surface area contributed by atoms with Crippen LogP contribution < -0.4 is 5.32 Å². The number of benzene rings is 1. The van der Waals surface area contributed by atoms with Crippen LogP contribution in [-0.2, 0) is 6.54 Å². The van der Waals surface area contributed by atoms with Gasteiger partial charge in [-0.25, -0.2) is 4.98 Å². The molecule has 0 bridgehead atoms. The topological polar surface area (TPSA) is 24.9 Å². The van der Waals surface area contributed by atoms with E-state index in [1.807, 2.05) is 31.2 Å². The van der Waals surface area contributed by atoms with Gasteiger partial charge >= 0.3 is 0 Å². The Bertz CT molecular complexity index is 550. The van der Waals surface area contributed by atoms with E-state index in [2.05, 4.69) is 10.3 Å². The van der Waals surface area contributed by atoms with Gasteiger partial charge in [0.25, 0.3) is 0 Å². The molecule has 2 rings (SSSR count). The van der Waals surface area contributed by atoms with Crippen molar-refractivity contribution in [3.63, 3.8) is 0 Å². The lowest BCUT2D eigenvalue weighted by Gasteiger charge is -2.11. The number of hydrogen-bond acceptors (Lipinski definition) is 2. The van der Waals surface area contributed by atoms with Crippen molar-refractivity contribution in [3.8, 4) is 0 Å². The lowest BCUT2D eigenvalue weighted by molar-refractivity contribution is 1.11. The molecule has 18 heavy (non-hydrogen) atoms. The molecule has 0 aliphatic carbocycles. The molecular formula is C13H11Cl3N2. The Morgan fingerprint density at radius 2 is 1.72 bits per heavy atom. The highest BCUT2D eigenvalue weighted by atomic mass is 35.5. The van der Waals surface area contributed by atoms with Crippen LogP contribution in [0.1, 0.15) is 11.3 Å². The van der Waals surface area contributed by atoms with Gasteiger partial charge in [0.05, 0.1) is 11.4 Å². The molecule has 0 unspecified atom stereocenters. The Balaban J connectivity index is 2.16. The molecular weight excluding hydrogens is 291 g/mol. The molecule has 2 nitrogen and oxygen atoms in total. The second-order valence-electron chi connectivity index (χ2n) is 3.82. The highest BCUT2D eigenvalue weighted by Gasteiger charge is 2.06. The highest BCUT2D eigenvalue weighted by Crippen LogP contribution is 2.25. The quantitative estimate of drug-likeness (QED) is 0.810. The standard InChI is InChI=1S/C13H11Cl3N2/c1-8-12(5-6-13(16)18-8)17-7-9-10(14)3-2-4-11(9)15/h2-6,17H,7H2,1H3. The van der Waals surface area contributed by atoms with Gasteiger partial charge in [0.1, 0.15) is 5.15 Å². The fourth-order valence-electron chi connectivity index (χ4n) is 1.60. The van der Waals surface area contributed by atoms with E-state index in [0.717, 1.165) is 16.9 Å². The number of aromatic nitrogens is 1. The molecule has 0 radical (unpaired) electrons. The van der Waals surface area contributed by atoms with Crippen LogP contribution in [0.4, 0.5) is 5.69 Å². The first kappa shape index (κ1) is 13.5. The zero-order chi connectivity index (χ0) is 13.1. The maximum absolute atomic E-state index is 6.10. The molecule has 0 spiro atoms. The van der Waals surface area contributed by atoms with Gasteiger partial charge in [0.15, 0.2) is 0 Å². The van der Waals surface area contributed by atoms with E-state index in [0.29, 0.717) is 21.7 Å². The Morgan fingerprint density at radius 1 is 1.06 bits per heavy atom. The molecule has 2 aromatic rings. The van der Waals surface area contributed by atoms with E-state index in [9.17, 15) is 0 Å². The SMILES string of the molecule is Cc1nc(Cl)ccc1NCc1c(Cl)cccc1Cl. The van der Waals surface area contributed by atoms with Crippen LogP contribution in [0.3, 0.4) is 0 Å². The van der Waals surface area contributed by atoms with Crippen LogP contribution in [-0.4, -0.2) is 4.98 Å². The molecule has 1 aromatic heterocycles. The third-order valence-electron chi connectivity index (χ3n) is 2.57. The maximum Gasteiger partial charge on any atom is 0.129 e. The molecule has 94 valence electrons. The monoisotopic (exact) mass is 300 g/mol. The van der Waals surface area contributed by atoms with E-state index in [1.165, 1.54) is 0 Å². The second kappa shape index (κ2) is 5.79. The van der Waals surface area contributed by atoms with Gasteiger partial charge in [-0.3, -0.25) is 0 Å². The average Bonchev–Trinajstić information content (AvgIpc) is 2.31. The number of anilines is 1. The molecule has 1 aromatic carbocycles. The summed E-state index contributed by atoms with van der Waals surface area (Å²) >= 11 is 18.0. The predicted molar refractivity (Wildman–Crippen MR) is 77.8 cm³/mol. The lowest BCUT2D eigenvalue weighted by Crippen LogP contribution is -2.03. The minimum atomic E-state index is 0.480. The first-order chi connectivity index (χ1) is 8.58. The summed E-state index contributed by atoms with van der Waals surface area (Å²) in [7, 11) is 0. The van der Waals surface area contributed by atoms with E-state index in [1.54, 1.807) is 6.07 Å². The van der Waals surface area contributed by atoms with Gasteiger partial charge in [0.2, 0.25) is 0 Å². The van der Waals surface area contributed by atoms with Crippen molar-refractivity contribution in [2.75, 3.05) is 5.32 Å². The number of nitrogens with one attached hydrogen (secondary N) is 1. The fourth-order valence-corrected chi connectivity index (χ4v) is 2.32. The van der Waals surface area contributed by atoms with Crippen LogP contribution in [0.25, 0.3) is 0 Å². The van der Waals surface area contributed by atoms with Crippen molar-refractivity contribution < 1.29 is 0 Å². The molecule has 0 atom stereocenters. The summed E-state index contributed by atoms with van der Waals surface area (Å²) < 4.78 is 0. The third-order valence-corrected chi connectivity index (χ3v) is 3.49. The van der Waals surface area contributed by atoms with Crippen LogP contribution in [0, 0.1) is 6.92 Å². The highest BCUT2D eigenvalue weighted by molar-refractivity contribution is 6.36. The van der Waals surface area contributed by atoms with Crippen molar-refractivity contribution >= 4 is 40.5 Å². The van der Waals surface area contributed by atoms with Crippen molar-refractivity contribution in [3.05, 3.63) is 56.8 Å². The number of rotatable bonds is 3. The van der Waals surface area contributed by atoms with E-state index in [4.69, 9.17) is 34.8 Å². The summed E-state index contributed by atoms with van der Waals surface area (Å²) in [6, 6.07) is 9.08. The summed E-state index contributed by atoms with van der Waals surface area (Å²) in [6.45, 7) is 2.44. The summed E-state index contributed by atoms with van der Waals surface area (Å²) in [5, 5.41) is 5.02. The average molecular weight is 302 g/mol. The minimum Gasteiger partial charge on any atom is -0.379 e. The third kappa shape index (κ3) is 3.08. The summed E-state index contributed by atoms with van der Waals surface area (Å²) in [6.07, 6.45) is 0. The van der Waals surface area contributed by atoms with Crippen LogP contribution in [0.15, 0.2) is 30.3 Å². The van der Waals surface area contributed by atoms with Crippen molar-refractivity contribution in [2.24, 2.45) is 0 Å². The molecule has 0 fully saturated rings. The predicted octanol–water partition coefficient (Wildman–Crippen LogP) is 4.96. The molecule has 0 saturated heterocycles. The van der Waals surface area contributed by atoms with E-state index < -0.39 is 0 Å². The fraction of sp³-hybridized carbons (Fsp3) is 0.154. The number of halogens is 3. The molecule has 0 amide bonds. The van der Waals surface area contributed by atoms with Crippen molar-refractivity contribution in [1.82, 2.24) is 4.98 Å². The molecule has 0 aliphatic rings. The van der Waals surface area contributed by atoms with Crippen molar-refractivity contribution in [2.45, 2.75) is 13.5 Å². The molecule has 1 N–H and O–H groups in total. The molecule has 5 heteroatoms. The normalized spacial score (nSPS) is 10.4. The van der Waals surface area contributed by atoms with Gasteiger partial charge in [0, 0.05) is 22.2 Å². The van der Waals surface area contributed by atoms with Crippen LogP contribution in [0.5, 0.6) is 0 Å². The Kier molecular flexibility index (Phi) is 4.33. The Hall–Kier alpha value is -0.960. The zero-order valence-corrected chi connectivity index (χ0v) is 11.9. The second-order valence-corrected chi connectivity index (χ2v) is 5.02. The summed E-state index contributed by atoms with van der Waals surface area (Å²) in [5.74, 6) is 0. The van der Waals surface area contributed by atoms with Gasteiger partial charge in [-0.15, -0.1) is 0 Å². The Labute approximate surface area is 121 Å². The summed E-state index contributed by atoms with van der Waals surface area (Å²) in [5.41, 5.74) is 2.62. The van der Waals surface area contributed by atoms with E-state index in [-0.39, 0.29) is 0 Å². The van der Waals surface area contributed by atoms with Gasteiger partial charge < -0.3 is 5.32 Å². The van der Waals surface area contributed by atoms with Gasteiger partial charge in [-0.05, 0) is 31.2 Å². The van der Waals surface area contributed by atoms with Gasteiger partial charge in [-0.2, -0.15) is 0 Å². The smallest absolute Gasteiger partial charge is 0.129 e. The number of aryl methyl sites for hydroxylation is 1. The zero-order valence-electron chi connectivity index (χ0n) is 9.67. The first-order valence-electron chi connectivity index (χ1n) is 5.38. The summed E-state index contributed by atoms with van der Waals surface area (Å²) in [4.78, 5) is 4.17. The number of nitrogens with zero attached hydrogens (tertiary/aromatic N) is 1. The van der Waals surface area contributed by atoms with Gasteiger partial charge in [-0.1, -0.05) is 40.9 Å². The number of pyridine rings is 1. The first-order valence-corrected chi connectivity index (χ1v) is 6.51. The maximum atomic E-state index is 6.10. The van der Waals surface area contributed by atoms with Crippen LogP contribution in [0.2, 0.25) is 15.2 Å². The molecule has 1 heterocycles. The van der Waals surface area contributed by atoms with Crippen molar-refractivity contribution in [1.29, 1.82) is 0 Å².